The Labute approximate surface area is 154 Å². The van der Waals surface area contributed by atoms with Crippen molar-refractivity contribution in [1.29, 1.82) is 0 Å². The number of benzene rings is 2. The minimum Gasteiger partial charge on any atom is -0.497 e. The Hall–Kier alpha value is -3.19. The molecule has 26 heavy (non-hydrogen) atoms. The predicted octanol–water partition coefficient (Wildman–Crippen LogP) is 3.31. The first-order valence-electron chi connectivity index (χ1n) is 7.91. The number of nitrogens with zero attached hydrogens (tertiary/aromatic N) is 1. The van der Waals surface area contributed by atoms with Crippen LogP contribution in [0.2, 0.25) is 0 Å². The van der Waals surface area contributed by atoms with Gasteiger partial charge in [-0.15, -0.1) is 5.43 Å². The Balaban J connectivity index is 1.78. The van der Waals surface area contributed by atoms with Gasteiger partial charge in [-0.3, -0.25) is 4.79 Å². The van der Waals surface area contributed by atoms with Crippen LogP contribution >= 0.6 is 11.3 Å². The molecule has 0 aliphatic rings. The molecular formula is C19H18N3O3S+. The Bertz CT molecular complexity index is 906. The van der Waals surface area contributed by atoms with Crippen molar-refractivity contribution in [3.63, 3.8) is 0 Å². The highest BCUT2D eigenvalue weighted by molar-refractivity contribution is 7.15. The zero-order valence-corrected chi connectivity index (χ0v) is 14.9. The number of hydrogen-bond donors (Lipinski definition) is 2. The summed E-state index contributed by atoms with van der Waals surface area (Å²) >= 11 is 1.34. The summed E-state index contributed by atoms with van der Waals surface area (Å²) < 4.78 is 5.12. The molecule has 0 spiro atoms. The van der Waals surface area contributed by atoms with Gasteiger partial charge in [0.15, 0.2) is 0 Å². The minimum absolute atomic E-state index is 0.0464. The first-order valence-corrected chi connectivity index (χ1v) is 8.72. The zero-order chi connectivity index (χ0) is 18.4. The van der Waals surface area contributed by atoms with Gasteiger partial charge in [-0.25, -0.2) is 4.98 Å². The number of thiazole rings is 1. The predicted molar refractivity (Wildman–Crippen MR) is 102 cm³/mol. The number of hydrazone groups is 1. The van der Waals surface area contributed by atoms with Crippen molar-refractivity contribution in [2.75, 3.05) is 12.5 Å². The third-order valence-corrected chi connectivity index (χ3v) is 4.60. The topological polar surface area (TPSA) is 85.1 Å². The second kappa shape index (κ2) is 8.26. The summed E-state index contributed by atoms with van der Waals surface area (Å²) in [5.74, 6) is -0.0850. The van der Waals surface area contributed by atoms with Crippen molar-refractivity contribution in [3.05, 3.63) is 65.0 Å². The van der Waals surface area contributed by atoms with E-state index in [4.69, 9.17) is 9.84 Å². The van der Waals surface area contributed by atoms with Gasteiger partial charge in [0.2, 0.25) is 0 Å². The second-order valence-corrected chi connectivity index (χ2v) is 6.54. The first kappa shape index (κ1) is 17.6. The fourth-order valence-electron chi connectivity index (χ4n) is 2.39. The number of anilines is 1. The lowest BCUT2D eigenvalue weighted by Crippen LogP contribution is -2.09. The Morgan fingerprint density at radius 1 is 1.23 bits per heavy atom. The van der Waals surface area contributed by atoms with E-state index >= 15 is 0 Å². The van der Waals surface area contributed by atoms with Crippen molar-refractivity contribution in [2.45, 2.75) is 6.42 Å². The molecule has 2 aromatic carbocycles. The highest BCUT2D eigenvalue weighted by atomic mass is 32.1. The quantitative estimate of drug-likeness (QED) is 0.495. The number of H-pyrrole nitrogens is 1. The molecule has 1 aromatic heterocycles. The molecule has 3 N–H and O–H groups in total. The monoisotopic (exact) mass is 368 g/mol. The zero-order valence-electron chi connectivity index (χ0n) is 14.1. The van der Waals surface area contributed by atoms with Crippen molar-refractivity contribution < 1.29 is 19.6 Å². The highest BCUT2D eigenvalue weighted by Gasteiger charge is 2.19. The standard InChI is InChI=1S/C19H17N3O3S/c1-25-15-9-7-13(8-10-15)12-20-22-19-21-18(14-5-3-2-4-6-14)16(26-19)11-17(23)24/h2-10,12H,11H2,1H3,(H,21,22)(H,23,24)/p+1. The summed E-state index contributed by atoms with van der Waals surface area (Å²) in [6.07, 6.45) is 1.64. The molecule has 0 aliphatic heterocycles. The van der Waals surface area contributed by atoms with Crippen LogP contribution < -0.4 is 15.1 Å². The van der Waals surface area contributed by atoms with E-state index in [9.17, 15) is 4.79 Å². The smallest absolute Gasteiger partial charge is 0.357 e. The molecule has 0 unspecified atom stereocenters. The molecule has 0 atom stereocenters. The second-order valence-electron chi connectivity index (χ2n) is 5.43. The normalized spacial score (nSPS) is 10.8. The van der Waals surface area contributed by atoms with Crippen LogP contribution in [-0.4, -0.2) is 24.4 Å². The van der Waals surface area contributed by atoms with Crippen molar-refractivity contribution in [3.8, 4) is 17.0 Å². The summed E-state index contributed by atoms with van der Waals surface area (Å²) in [4.78, 5) is 15.1. The molecule has 132 valence electrons. The van der Waals surface area contributed by atoms with Crippen LogP contribution in [-0.2, 0) is 11.2 Å². The largest absolute Gasteiger partial charge is 0.497 e. The SMILES string of the molecule is COc1ccc(C=NNc2[nH+]c(-c3ccccc3)c(CC(=O)O)s2)cc1. The van der Waals surface area contributed by atoms with Gasteiger partial charge in [0.1, 0.15) is 11.4 Å². The van der Waals surface area contributed by atoms with Gasteiger partial charge >= 0.3 is 11.1 Å². The van der Waals surface area contributed by atoms with Crippen LogP contribution in [0.4, 0.5) is 5.13 Å². The number of aromatic amines is 1. The number of nitrogens with one attached hydrogen (secondary N) is 2. The van der Waals surface area contributed by atoms with E-state index < -0.39 is 5.97 Å². The van der Waals surface area contributed by atoms with Crippen LogP contribution in [0.15, 0.2) is 59.7 Å². The average Bonchev–Trinajstić information content (AvgIpc) is 3.05. The molecule has 0 saturated carbocycles. The maximum atomic E-state index is 11.1. The van der Waals surface area contributed by atoms with Crippen LogP contribution in [0, 0.1) is 0 Å². The van der Waals surface area contributed by atoms with Gasteiger partial charge in [-0.1, -0.05) is 35.4 Å². The molecule has 0 aliphatic carbocycles. The van der Waals surface area contributed by atoms with E-state index in [1.165, 1.54) is 11.3 Å². The van der Waals surface area contributed by atoms with E-state index in [1.807, 2.05) is 54.6 Å². The third-order valence-electron chi connectivity index (χ3n) is 3.61. The first-order chi connectivity index (χ1) is 12.7. The van der Waals surface area contributed by atoms with Crippen molar-refractivity contribution >= 4 is 28.7 Å². The van der Waals surface area contributed by atoms with Gasteiger partial charge in [0, 0.05) is 5.56 Å². The lowest BCUT2D eigenvalue weighted by Gasteiger charge is -1.97. The molecule has 6 nitrogen and oxygen atoms in total. The molecule has 0 radical (unpaired) electrons. The molecule has 0 bridgehead atoms. The molecule has 1 heterocycles. The fourth-order valence-corrected chi connectivity index (χ4v) is 3.35. The van der Waals surface area contributed by atoms with Gasteiger partial charge in [-0.2, -0.15) is 0 Å². The number of rotatable bonds is 7. The van der Waals surface area contributed by atoms with Crippen LogP contribution in [0.25, 0.3) is 11.3 Å². The van der Waals surface area contributed by atoms with Crippen LogP contribution in [0.1, 0.15) is 10.4 Å². The maximum absolute atomic E-state index is 11.1. The van der Waals surface area contributed by atoms with Gasteiger partial charge in [0.05, 0.1) is 24.6 Å². The molecule has 3 rings (SSSR count). The lowest BCUT2D eigenvalue weighted by atomic mass is 10.1. The summed E-state index contributed by atoms with van der Waals surface area (Å²) in [6.45, 7) is 0. The lowest BCUT2D eigenvalue weighted by molar-refractivity contribution is -0.341. The molecule has 3 aromatic rings. The van der Waals surface area contributed by atoms with Crippen LogP contribution in [0.3, 0.4) is 0 Å². The Kier molecular flexibility index (Phi) is 5.60. The van der Waals surface area contributed by atoms with E-state index in [-0.39, 0.29) is 6.42 Å². The number of carboxylic acid groups (broad SMARTS) is 1. The summed E-state index contributed by atoms with van der Waals surface area (Å²) in [5, 5.41) is 14.0. The minimum atomic E-state index is -0.870. The van der Waals surface area contributed by atoms with E-state index in [0.29, 0.717) is 5.13 Å². The number of ether oxygens (including phenoxy) is 1. The van der Waals surface area contributed by atoms with Crippen molar-refractivity contribution in [1.82, 2.24) is 0 Å². The summed E-state index contributed by atoms with van der Waals surface area (Å²) in [5.41, 5.74) is 5.58. The Morgan fingerprint density at radius 3 is 2.62 bits per heavy atom. The number of aromatic nitrogens is 1. The summed E-state index contributed by atoms with van der Waals surface area (Å²) in [7, 11) is 1.62. The van der Waals surface area contributed by atoms with Gasteiger partial charge in [-0.05, 0) is 41.2 Å². The molecule has 0 amide bonds. The Morgan fingerprint density at radius 2 is 1.96 bits per heavy atom. The van der Waals surface area contributed by atoms with Crippen molar-refractivity contribution in [2.24, 2.45) is 5.10 Å². The van der Waals surface area contributed by atoms with Crippen LogP contribution in [0.5, 0.6) is 5.75 Å². The molecule has 0 saturated heterocycles. The maximum Gasteiger partial charge on any atom is 0.357 e. The number of hydrogen-bond acceptors (Lipinski definition) is 5. The number of carbonyl (C=O) groups is 1. The molecular weight excluding hydrogens is 350 g/mol. The van der Waals surface area contributed by atoms with E-state index in [2.05, 4.69) is 15.5 Å². The fraction of sp³-hybridized carbons (Fsp3) is 0.105. The van der Waals surface area contributed by atoms with Gasteiger partial charge < -0.3 is 9.84 Å². The molecule has 0 fully saturated rings. The van der Waals surface area contributed by atoms with E-state index in [1.54, 1.807) is 13.3 Å². The van der Waals surface area contributed by atoms with Gasteiger partial charge in [0.25, 0.3) is 0 Å². The third kappa shape index (κ3) is 4.46. The van der Waals surface area contributed by atoms with E-state index in [0.717, 1.165) is 27.4 Å². The number of methoxy groups -OCH3 is 1. The highest BCUT2D eigenvalue weighted by Crippen LogP contribution is 2.27. The molecule has 7 heteroatoms. The average molecular weight is 368 g/mol. The summed E-state index contributed by atoms with van der Waals surface area (Å²) in [6, 6.07) is 17.1. The number of aliphatic carboxylic acids is 1. The number of carboxylic acids is 1.